The lowest BCUT2D eigenvalue weighted by Gasteiger charge is -2.08. The molecule has 3 rings (SSSR count). The molecule has 21 heavy (non-hydrogen) atoms. The molecule has 108 valence electrons. The minimum atomic E-state index is -0.132. The first-order valence-electron chi connectivity index (χ1n) is 6.38. The van der Waals surface area contributed by atoms with Gasteiger partial charge >= 0.3 is 0 Å². The van der Waals surface area contributed by atoms with Crippen LogP contribution in [-0.2, 0) is 0 Å². The first-order chi connectivity index (χ1) is 10.1. The molecule has 3 aromatic rings. The number of rotatable bonds is 3. The molecule has 4 nitrogen and oxygen atoms in total. The summed E-state index contributed by atoms with van der Waals surface area (Å²) in [7, 11) is 0. The number of thioether (sulfide) groups is 1. The summed E-state index contributed by atoms with van der Waals surface area (Å²) in [6, 6.07) is 5.59. The van der Waals surface area contributed by atoms with E-state index < -0.39 is 0 Å². The van der Waals surface area contributed by atoms with Gasteiger partial charge in [0, 0.05) is 0 Å². The number of hydrogen-bond acceptors (Lipinski definition) is 5. The summed E-state index contributed by atoms with van der Waals surface area (Å²) in [6.07, 6.45) is 1.49. The highest BCUT2D eigenvalue weighted by atomic mass is 35.5. The molecule has 0 aliphatic heterocycles. The van der Waals surface area contributed by atoms with E-state index in [-0.39, 0.29) is 5.56 Å². The predicted molar refractivity (Wildman–Crippen MR) is 89.2 cm³/mol. The van der Waals surface area contributed by atoms with Gasteiger partial charge in [-0.1, -0.05) is 42.4 Å². The van der Waals surface area contributed by atoms with Crippen molar-refractivity contribution < 1.29 is 0 Å². The molecule has 0 amide bonds. The lowest BCUT2D eigenvalue weighted by Crippen LogP contribution is -2.18. The maximum atomic E-state index is 12.6. The van der Waals surface area contributed by atoms with Crippen molar-refractivity contribution in [3.05, 3.63) is 45.5 Å². The van der Waals surface area contributed by atoms with E-state index in [0.29, 0.717) is 21.1 Å². The van der Waals surface area contributed by atoms with Gasteiger partial charge in [0.2, 0.25) is 0 Å². The molecule has 0 spiro atoms. The van der Waals surface area contributed by atoms with E-state index >= 15 is 0 Å². The monoisotopic (exact) mass is 337 g/mol. The van der Waals surface area contributed by atoms with Crippen LogP contribution in [0.25, 0.3) is 16.0 Å². The summed E-state index contributed by atoms with van der Waals surface area (Å²) in [5.74, 6) is 0.914. The number of halogens is 1. The zero-order valence-corrected chi connectivity index (χ0v) is 13.8. The first kappa shape index (κ1) is 14.6. The molecule has 0 fully saturated rings. The van der Waals surface area contributed by atoms with E-state index in [9.17, 15) is 4.79 Å². The van der Waals surface area contributed by atoms with Crippen molar-refractivity contribution in [3.63, 3.8) is 0 Å². The smallest absolute Gasteiger partial charge is 0.267 e. The largest absolute Gasteiger partial charge is 0.277 e. The molecule has 2 heterocycles. The maximum absolute atomic E-state index is 12.6. The van der Waals surface area contributed by atoms with Gasteiger partial charge < -0.3 is 0 Å². The number of thiazole rings is 1. The van der Waals surface area contributed by atoms with E-state index in [1.807, 2.05) is 25.1 Å². The van der Waals surface area contributed by atoms with Crippen molar-refractivity contribution in [2.24, 2.45) is 0 Å². The second-order valence-electron chi connectivity index (χ2n) is 4.39. The van der Waals surface area contributed by atoms with Crippen molar-refractivity contribution in [1.29, 1.82) is 0 Å². The molecular formula is C14H12ClN3OS2. The summed E-state index contributed by atoms with van der Waals surface area (Å²) in [4.78, 5) is 21.3. The Labute approximate surface area is 134 Å². The average Bonchev–Trinajstić information content (AvgIpc) is 2.87. The van der Waals surface area contributed by atoms with Crippen LogP contribution in [0.3, 0.4) is 0 Å². The number of fused-ring (bicyclic) bond motifs is 1. The van der Waals surface area contributed by atoms with Crippen LogP contribution in [0.15, 0.2) is 33.7 Å². The standard InChI is InChI=1S/C14H12ClN3OS2/c1-3-20-14-17-12-11(21-14)13(19)18(7-16-12)9-6-4-5-8(2)10(9)15/h4-7H,3H2,1-2H3. The Morgan fingerprint density at radius 1 is 1.43 bits per heavy atom. The number of aryl methyl sites for hydroxylation is 1. The van der Waals surface area contributed by atoms with E-state index in [1.165, 1.54) is 22.2 Å². The van der Waals surface area contributed by atoms with Crippen molar-refractivity contribution in [3.8, 4) is 5.69 Å². The molecule has 0 bridgehead atoms. The van der Waals surface area contributed by atoms with Gasteiger partial charge in [-0.05, 0) is 24.3 Å². The molecule has 0 saturated carbocycles. The summed E-state index contributed by atoms with van der Waals surface area (Å²) in [6.45, 7) is 3.96. The van der Waals surface area contributed by atoms with Crippen LogP contribution in [0.1, 0.15) is 12.5 Å². The summed E-state index contributed by atoms with van der Waals surface area (Å²) in [5, 5.41) is 0.563. The summed E-state index contributed by atoms with van der Waals surface area (Å²) < 4.78 is 2.91. The van der Waals surface area contributed by atoms with Crippen molar-refractivity contribution >= 4 is 45.0 Å². The Balaban J connectivity index is 2.22. The number of hydrogen-bond donors (Lipinski definition) is 0. The van der Waals surface area contributed by atoms with Crippen LogP contribution in [0.4, 0.5) is 0 Å². The Morgan fingerprint density at radius 3 is 3.00 bits per heavy atom. The molecule has 0 aliphatic rings. The lowest BCUT2D eigenvalue weighted by atomic mass is 10.2. The van der Waals surface area contributed by atoms with Crippen LogP contribution in [0.5, 0.6) is 0 Å². The van der Waals surface area contributed by atoms with Crippen LogP contribution < -0.4 is 5.56 Å². The summed E-state index contributed by atoms with van der Waals surface area (Å²) in [5.41, 5.74) is 1.94. The maximum Gasteiger partial charge on any atom is 0.277 e. The van der Waals surface area contributed by atoms with E-state index in [1.54, 1.807) is 11.8 Å². The average molecular weight is 338 g/mol. The summed E-state index contributed by atoms with van der Waals surface area (Å²) >= 11 is 9.29. The molecule has 0 N–H and O–H groups in total. The fourth-order valence-electron chi connectivity index (χ4n) is 1.97. The quantitative estimate of drug-likeness (QED) is 0.680. The normalized spacial score (nSPS) is 11.2. The number of aromatic nitrogens is 3. The minimum Gasteiger partial charge on any atom is -0.267 e. The van der Waals surface area contributed by atoms with Crippen LogP contribution in [-0.4, -0.2) is 20.3 Å². The van der Waals surface area contributed by atoms with Gasteiger partial charge in [0.05, 0.1) is 10.7 Å². The topological polar surface area (TPSA) is 47.8 Å². The van der Waals surface area contributed by atoms with Crippen molar-refractivity contribution in [2.45, 2.75) is 18.2 Å². The predicted octanol–water partition coefficient (Wildman–Crippen LogP) is 3.92. The number of nitrogens with zero attached hydrogens (tertiary/aromatic N) is 3. The third-order valence-electron chi connectivity index (χ3n) is 3.00. The second-order valence-corrected chi connectivity index (χ2v) is 7.28. The molecule has 0 saturated heterocycles. The van der Waals surface area contributed by atoms with Gasteiger partial charge in [0.1, 0.15) is 11.0 Å². The number of benzene rings is 1. The molecule has 0 unspecified atom stereocenters. The Hall–Kier alpha value is -1.37. The Morgan fingerprint density at radius 2 is 2.24 bits per heavy atom. The van der Waals surface area contributed by atoms with Gasteiger partial charge in [-0.2, -0.15) is 0 Å². The van der Waals surface area contributed by atoms with Crippen molar-refractivity contribution in [2.75, 3.05) is 5.75 Å². The Bertz CT molecular complexity index is 872. The second kappa shape index (κ2) is 5.79. The van der Waals surface area contributed by atoms with Crippen LogP contribution in [0, 0.1) is 6.92 Å². The zero-order valence-electron chi connectivity index (χ0n) is 11.5. The third-order valence-corrected chi connectivity index (χ3v) is 5.55. The van der Waals surface area contributed by atoms with E-state index in [2.05, 4.69) is 16.9 Å². The van der Waals surface area contributed by atoms with Crippen LogP contribution >= 0.6 is 34.7 Å². The first-order valence-corrected chi connectivity index (χ1v) is 8.56. The minimum absolute atomic E-state index is 0.132. The highest BCUT2D eigenvalue weighted by molar-refractivity contribution is 8.01. The van der Waals surface area contributed by atoms with Gasteiger partial charge in [0.15, 0.2) is 9.99 Å². The van der Waals surface area contributed by atoms with Crippen molar-refractivity contribution in [1.82, 2.24) is 14.5 Å². The molecule has 2 aromatic heterocycles. The SMILES string of the molecule is CCSc1nc2ncn(-c3cccc(C)c3Cl)c(=O)c2s1. The van der Waals surface area contributed by atoms with Gasteiger partial charge in [-0.3, -0.25) is 9.36 Å². The third kappa shape index (κ3) is 2.59. The van der Waals surface area contributed by atoms with Gasteiger partial charge in [0.25, 0.3) is 5.56 Å². The fraction of sp³-hybridized carbons (Fsp3) is 0.214. The highest BCUT2D eigenvalue weighted by Crippen LogP contribution is 2.27. The molecule has 7 heteroatoms. The zero-order chi connectivity index (χ0) is 15.0. The fourth-order valence-corrected chi connectivity index (χ4v) is 4.11. The molecule has 0 aliphatic carbocycles. The van der Waals surface area contributed by atoms with E-state index in [4.69, 9.17) is 11.6 Å². The molecular weight excluding hydrogens is 326 g/mol. The Kier molecular flexibility index (Phi) is 4.01. The van der Waals surface area contributed by atoms with E-state index in [0.717, 1.165) is 15.7 Å². The molecule has 0 radical (unpaired) electrons. The lowest BCUT2D eigenvalue weighted by molar-refractivity contribution is 0.958. The molecule has 0 atom stereocenters. The van der Waals surface area contributed by atoms with Gasteiger partial charge in [-0.25, -0.2) is 9.97 Å². The molecule has 1 aromatic carbocycles. The van der Waals surface area contributed by atoms with Gasteiger partial charge in [-0.15, -0.1) is 11.3 Å². The van der Waals surface area contributed by atoms with Crippen LogP contribution in [0.2, 0.25) is 5.02 Å². The highest BCUT2D eigenvalue weighted by Gasteiger charge is 2.13.